The van der Waals surface area contributed by atoms with Gasteiger partial charge in [0, 0.05) is 6.42 Å². The van der Waals surface area contributed by atoms with Crippen molar-refractivity contribution in [2.75, 3.05) is 14.2 Å². The van der Waals surface area contributed by atoms with Gasteiger partial charge in [0.1, 0.15) is 0 Å². The van der Waals surface area contributed by atoms with E-state index in [2.05, 4.69) is 11.4 Å². The highest BCUT2D eigenvalue weighted by Crippen LogP contribution is 2.31. The normalized spacial score (nSPS) is 15.0. The van der Waals surface area contributed by atoms with E-state index in [4.69, 9.17) is 9.47 Å². The molecule has 0 aliphatic heterocycles. The zero-order chi connectivity index (χ0) is 18.2. The third-order valence-corrected chi connectivity index (χ3v) is 4.30. The number of carbonyl (C=O) groups is 2. The Morgan fingerprint density at radius 1 is 1.20 bits per heavy atom. The lowest BCUT2D eigenvalue weighted by molar-refractivity contribution is -0.137. The first-order valence-electron chi connectivity index (χ1n) is 8.44. The molecule has 25 heavy (non-hydrogen) atoms. The zero-order valence-corrected chi connectivity index (χ0v) is 14.7. The van der Waals surface area contributed by atoms with Gasteiger partial charge in [-0.25, -0.2) is 0 Å². The molecular formula is C19H25NO5. The Morgan fingerprint density at radius 3 is 2.56 bits per heavy atom. The van der Waals surface area contributed by atoms with E-state index in [0.717, 1.165) is 24.8 Å². The molecule has 0 aromatic heterocycles. The summed E-state index contributed by atoms with van der Waals surface area (Å²) in [6.45, 7) is 0. The molecule has 1 amide bonds. The minimum atomic E-state index is -0.975. The molecule has 6 nitrogen and oxygen atoms in total. The minimum absolute atomic E-state index is 0.158. The van der Waals surface area contributed by atoms with Crippen LogP contribution in [0.1, 0.15) is 50.1 Å². The molecule has 0 spiro atoms. The first-order valence-corrected chi connectivity index (χ1v) is 8.44. The number of hydrogen-bond donors (Lipinski definition) is 2. The van der Waals surface area contributed by atoms with Crippen LogP contribution < -0.4 is 14.8 Å². The van der Waals surface area contributed by atoms with Gasteiger partial charge < -0.3 is 19.9 Å². The van der Waals surface area contributed by atoms with Crippen LogP contribution in [0.2, 0.25) is 0 Å². The van der Waals surface area contributed by atoms with Crippen LogP contribution in [-0.2, 0) is 9.59 Å². The van der Waals surface area contributed by atoms with Crippen molar-refractivity contribution < 1.29 is 24.2 Å². The van der Waals surface area contributed by atoms with Crippen molar-refractivity contribution in [3.8, 4) is 11.5 Å². The van der Waals surface area contributed by atoms with Crippen LogP contribution in [0.4, 0.5) is 0 Å². The highest BCUT2D eigenvalue weighted by molar-refractivity contribution is 5.80. The molecule has 0 saturated heterocycles. The molecule has 1 unspecified atom stereocenters. The molecule has 1 aromatic rings. The Kier molecular flexibility index (Phi) is 6.86. The molecule has 136 valence electrons. The van der Waals surface area contributed by atoms with Gasteiger partial charge in [-0.05, 0) is 43.4 Å². The van der Waals surface area contributed by atoms with Crippen LogP contribution in [0.25, 0.3) is 0 Å². The van der Waals surface area contributed by atoms with Gasteiger partial charge in [-0.15, -0.1) is 0 Å². The maximum absolute atomic E-state index is 12.4. The Balaban J connectivity index is 2.13. The van der Waals surface area contributed by atoms with Gasteiger partial charge in [0.2, 0.25) is 5.91 Å². The molecule has 2 N–H and O–H groups in total. The van der Waals surface area contributed by atoms with E-state index < -0.39 is 12.0 Å². The Hall–Kier alpha value is -2.50. The predicted molar refractivity (Wildman–Crippen MR) is 93.9 cm³/mol. The highest BCUT2D eigenvalue weighted by atomic mass is 16.5. The number of carboxylic acid groups (broad SMARTS) is 1. The lowest BCUT2D eigenvalue weighted by Crippen LogP contribution is -2.30. The van der Waals surface area contributed by atoms with Crippen LogP contribution in [0.5, 0.6) is 11.5 Å². The van der Waals surface area contributed by atoms with E-state index in [-0.39, 0.29) is 12.3 Å². The number of carbonyl (C=O) groups excluding carboxylic acids is 1. The Bertz CT molecular complexity index is 653. The van der Waals surface area contributed by atoms with Gasteiger partial charge in [0.25, 0.3) is 0 Å². The SMILES string of the molecule is COc1ccc(C(CC(=O)O)NC(=O)CC2=CCCCC2)cc1OC. The molecule has 0 radical (unpaired) electrons. The van der Waals surface area contributed by atoms with Gasteiger partial charge in [-0.2, -0.15) is 0 Å². The number of carboxylic acids is 1. The lowest BCUT2D eigenvalue weighted by atomic mass is 9.96. The molecule has 1 aliphatic rings. The number of nitrogens with one attached hydrogen (secondary N) is 1. The summed E-state index contributed by atoms with van der Waals surface area (Å²) in [5.41, 5.74) is 1.80. The summed E-state index contributed by atoms with van der Waals surface area (Å²) in [4.78, 5) is 23.6. The topological polar surface area (TPSA) is 84.9 Å². The number of allylic oxidation sites excluding steroid dienone is 1. The second-order valence-electron chi connectivity index (χ2n) is 6.12. The maximum atomic E-state index is 12.4. The van der Waals surface area contributed by atoms with Crippen LogP contribution in [0.15, 0.2) is 29.8 Å². The number of hydrogen-bond acceptors (Lipinski definition) is 4. The van der Waals surface area contributed by atoms with E-state index in [1.54, 1.807) is 18.2 Å². The maximum Gasteiger partial charge on any atom is 0.305 e. The standard InChI is InChI=1S/C19H25NO5/c1-24-16-9-8-14(11-17(16)25-2)15(12-19(22)23)20-18(21)10-13-6-4-3-5-7-13/h6,8-9,11,15H,3-5,7,10,12H2,1-2H3,(H,20,21)(H,22,23). The molecule has 0 bridgehead atoms. The predicted octanol–water partition coefficient (Wildman–Crippen LogP) is 3.23. The molecule has 0 fully saturated rings. The van der Waals surface area contributed by atoms with Crippen molar-refractivity contribution in [3.63, 3.8) is 0 Å². The van der Waals surface area contributed by atoms with Crippen molar-refractivity contribution in [1.29, 1.82) is 0 Å². The molecule has 0 saturated carbocycles. The van der Waals surface area contributed by atoms with E-state index in [0.29, 0.717) is 23.5 Å². The second-order valence-corrected chi connectivity index (χ2v) is 6.12. The molecule has 6 heteroatoms. The fourth-order valence-corrected chi connectivity index (χ4v) is 3.01. The van der Waals surface area contributed by atoms with Crippen LogP contribution >= 0.6 is 0 Å². The summed E-state index contributed by atoms with van der Waals surface area (Å²) in [6.07, 6.45) is 6.46. The van der Waals surface area contributed by atoms with Gasteiger partial charge in [-0.3, -0.25) is 9.59 Å². The van der Waals surface area contributed by atoms with Crippen molar-refractivity contribution in [2.45, 2.75) is 44.6 Å². The number of aliphatic carboxylic acids is 1. The van der Waals surface area contributed by atoms with Crippen molar-refractivity contribution in [3.05, 3.63) is 35.4 Å². The Morgan fingerprint density at radius 2 is 1.96 bits per heavy atom. The molecule has 1 aliphatic carbocycles. The third-order valence-electron chi connectivity index (χ3n) is 4.30. The number of ether oxygens (including phenoxy) is 2. The van der Waals surface area contributed by atoms with Crippen molar-refractivity contribution >= 4 is 11.9 Å². The highest BCUT2D eigenvalue weighted by Gasteiger charge is 2.20. The van der Waals surface area contributed by atoms with Gasteiger partial charge in [0.05, 0.1) is 26.7 Å². The van der Waals surface area contributed by atoms with E-state index in [9.17, 15) is 14.7 Å². The smallest absolute Gasteiger partial charge is 0.305 e. The molecule has 0 heterocycles. The average molecular weight is 347 g/mol. The average Bonchev–Trinajstić information content (AvgIpc) is 2.61. The molecule has 2 rings (SSSR count). The summed E-state index contributed by atoms with van der Waals surface area (Å²) in [5, 5.41) is 12.0. The third kappa shape index (κ3) is 5.52. The number of methoxy groups -OCH3 is 2. The van der Waals surface area contributed by atoms with Crippen LogP contribution in [0.3, 0.4) is 0 Å². The lowest BCUT2D eigenvalue weighted by Gasteiger charge is -2.20. The second kappa shape index (κ2) is 9.11. The minimum Gasteiger partial charge on any atom is -0.493 e. The fourth-order valence-electron chi connectivity index (χ4n) is 3.01. The Labute approximate surface area is 147 Å². The van der Waals surface area contributed by atoms with Crippen molar-refractivity contribution in [2.24, 2.45) is 0 Å². The fraction of sp³-hybridized carbons (Fsp3) is 0.474. The number of amides is 1. The van der Waals surface area contributed by atoms with Crippen molar-refractivity contribution in [1.82, 2.24) is 5.32 Å². The first kappa shape index (κ1) is 18.8. The summed E-state index contributed by atoms with van der Waals surface area (Å²) in [6, 6.07) is 4.54. The summed E-state index contributed by atoms with van der Waals surface area (Å²) in [7, 11) is 3.05. The van der Waals surface area contributed by atoms with E-state index in [1.165, 1.54) is 20.6 Å². The van der Waals surface area contributed by atoms with E-state index >= 15 is 0 Å². The zero-order valence-electron chi connectivity index (χ0n) is 14.7. The van der Waals surface area contributed by atoms with Gasteiger partial charge >= 0.3 is 5.97 Å². The monoisotopic (exact) mass is 347 g/mol. The van der Waals surface area contributed by atoms with Crippen LogP contribution in [-0.4, -0.2) is 31.2 Å². The number of benzene rings is 1. The summed E-state index contributed by atoms with van der Waals surface area (Å²) < 4.78 is 10.5. The molecule has 1 aromatic carbocycles. The first-order chi connectivity index (χ1) is 12.0. The summed E-state index contributed by atoms with van der Waals surface area (Å²) in [5.74, 6) is -0.0789. The van der Waals surface area contributed by atoms with Crippen LogP contribution in [0, 0.1) is 0 Å². The van der Waals surface area contributed by atoms with E-state index in [1.807, 2.05) is 0 Å². The molecular weight excluding hydrogens is 322 g/mol. The largest absolute Gasteiger partial charge is 0.493 e. The van der Waals surface area contributed by atoms with Gasteiger partial charge in [-0.1, -0.05) is 17.7 Å². The van der Waals surface area contributed by atoms with Gasteiger partial charge in [0.15, 0.2) is 11.5 Å². The quantitative estimate of drug-likeness (QED) is 0.705. The number of rotatable bonds is 8. The summed E-state index contributed by atoms with van der Waals surface area (Å²) >= 11 is 0. The molecule has 1 atom stereocenters.